The van der Waals surface area contributed by atoms with Gasteiger partial charge in [0.05, 0.1) is 29.8 Å². The fraction of sp³-hybridized carbons (Fsp3) is 0.286. The van der Waals surface area contributed by atoms with E-state index in [9.17, 15) is 5.11 Å². The average molecular weight is 420 g/mol. The van der Waals surface area contributed by atoms with Gasteiger partial charge in [0, 0.05) is 16.0 Å². The predicted octanol–water partition coefficient (Wildman–Crippen LogP) is 2.82. The van der Waals surface area contributed by atoms with Crippen molar-refractivity contribution in [3.8, 4) is 22.6 Å². The van der Waals surface area contributed by atoms with Crippen molar-refractivity contribution in [1.29, 1.82) is 0 Å². The van der Waals surface area contributed by atoms with Crippen LogP contribution in [0.15, 0.2) is 35.8 Å². The molecule has 0 fully saturated rings. The SMILES string of the molecule is CC(C)(O)c1cccc(Cn2cc(-c3nc(N)nc4c3CCc3sccc3-4)nn2)n1. The van der Waals surface area contributed by atoms with E-state index in [1.165, 1.54) is 4.88 Å². The zero-order valence-electron chi connectivity index (χ0n) is 16.7. The second-order valence-electron chi connectivity index (χ2n) is 7.89. The van der Waals surface area contributed by atoms with Crippen molar-refractivity contribution in [3.05, 3.63) is 57.7 Å². The number of pyridine rings is 1. The Hall–Kier alpha value is -3.17. The number of nitrogens with zero attached hydrogens (tertiary/aromatic N) is 6. The third-order valence-corrected chi connectivity index (χ3v) is 6.15. The van der Waals surface area contributed by atoms with Gasteiger partial charge in [-0.1, -0.05) is 11.3 Å². The van der Waals surface area contributed by atoms with Crippen molar-refractivity contribution in [2.24, 2.45) is 0 Å². The first-order chi connectivity index (χ1) is 14.4. The summed E-state index contributed by atoms with van der Waals surface area (Å²) in [6.45, 7) is 3.87. The molecule has 0 aromatic carbocycles. The summed E-state index contributed by atoms with van der Waals surface area (Å²) in [4.78, 5) is 14.9. The second kappa shape index (κ2) is 6.96. The molecule has 1 aliphatic carbocycles. The quantitative estimate of drug-likeness (QED) is 0.522. The summed E-state index contributed by atoms with van der Waals surface area (Å²) in [6, 6.07) is 7.68. The minimum Gasteiger partial charge on any atom is -0.384 e. The van der Waals surface area contributed by atoms with Crippen LogP contribution in [0.4, 0.5) is 5.95 Å². The third kappa shape index (κ3) is 3.35. The van der Waals surface area contributed by atoms with Crippen molar-refractivity contribution >= 4 is 17.3 Å². The van der Waals surface area contributed by atoms with E-state index in [1.54, 1.807) is 29.9 Å². The number of fused-ring (bicyclic) bond motifs is 3. The van der Waals surface area contributed by atoms with Gasteiger partial charge in [-0.05, 0) is 50.3 Å². The van der Waals surface area contributed by atoms with Gasteiger partial charge >= 0.3 is 0 Å². The maximum absolute atomic E-state index is 10.2. The summed E-state index contributed by atoms with van der Waals surface area (Å²) >= 11 is 1.75. The third-order valence-electron chi connectivity index (χ3n) is 5.17. The molecule has 0 radical (unpaired) electrons. The predicted molar refractivity (Wildman–Crippen MR) is 115 cm³/mol. The van der Waals surface area contributed by atoms with Gasteiger partial charge in [0.1, 0.15) is 17.0 Å². The molecule has 0 unspecified atom stereocenters. The van der Waals surface area contributed by atoms with Crippen LogP contribution in [0, 0.1) is 0 Å². The van der Waals surface area contributed by atoms with E-state index >= 15 is 0 Å². The maximum atomic E-state index is 10.2. The van der Waals surface area contributed by atoms with Crippen LogP contribution in [0.2, 0.25) is 0 Å². The first-order valence-electron chi connectivity index (χ1n) is 9.71. The molecule has 1 aliphatic rings. The van der Waals surface area contributed by atoms with Gasteiger partial charge in [0.15, 0.2) is 0 Å². The molecule has 0 saturated heterocycles. The van der Waals surface area contributed by atoms with Gasteiger partial charge in [0.2, 0.25) is 5.95 Å². The summed E-state index contributed by atoms with van der Waals surface area (Å²) in [7, 11) is 0. The molecule has 5 rings (SSSR count). The Bertz CT molecular complexity index is 1240. The first kappa shape index (κ1) is 18.8. The Morgan fingerprint density at radius 2 is 1.97 bits per heavy atom. The standard InChI is InChI=1S/C21H21N7OS/c1-21(2,29)17-5-3-4-12(23-17)10-28-11-15(26-27-28)19-14-6-7-16-13(8-9-30-16)18(14)24-20(22)25-19/h3-5,8-9,11,29H,6-7,10H2,1-2H3,(H2,22,24,25). The van der Waals surface area contributed by atoms with Crippen LogP contribution in [0.1, 0.15) is 35.7 Å². The van der Waals surface area contributed by atoms with Crippen LogP contribution >= 0.6 is 11.3 Å². The van der Waals surface area contributed by atoms with Crippen LogP contribution < -0.4 is 5.73 Å². The van der Waals surface area contributed by atoms with E-state index in [-0.39, 0.29) is 5.95 Å². The highest BCUT2D eigenvalue weighted by atomic mass is 32.1. The number of rotatable bonds is 4. The zero-order chi connectivity index (χ0) is 20.9. The minimum absolute atomic E-state index is 0.233. The van der Waals surface area contributed by atoms with E-state index in [1.807, 2.05) is 24.4 Å². The Balaban J connectivity index is 1.49. The average Bonchev–Trinajstić information content (AvgIpc) is 3.36. The number of aryl methyl sites for hydroxylation is 1. The minimum atomic E-state index is -0.998. The molecular weight excluding hydrogens is 398 g/mol. The van der Waals surface area contributed by atoms with Crippen molar-refractivity contribution in [1.82, 2.24) is 29.9 Å². The summed E-state index contributed by atoms with van der Waals surface area (Å²) < 4.78 is 1.72. The van der Waals surface area contributed by atoms with E-state index in [2.05, 4.69) is 36.7 Å². The van der Waals surface area contributed by atoms with Crippen LogP contribution in [-0.4, -0.2) is 35.1 Å². The summed E-state index contributed by atoms with van der Waals surface area (Å²) in [5, 5.41) is 20.9. The van der Waals surface area contributed by atoms with Gasteiger partial charge in [0.25, 0.3) is 0 Å². The molecule has 0 saturated carbocycles. The lowest BCUT2D eigenvalue weighted by atomic mass is 9.93. The molecule has 0 atom stereocenters. The molecule has 4 aromatic heterocycles. The molecule has 30 heavy (non-hydrogen) atoms. The Kier molecular flexibility index (Phi) is 4.37. The molecule has 152 valence electrons. The fourth-order valence-corrected chi connectivity index (χ4v) is 4.59. The molecule has 0 spiro atoms. The zero-order valence-corrected chi connectivity index (χ0v) is 17.5. The molecule has 3 N–H and O–H groups in total. The maximum Gasteiger partial charge on any atom is 0.221 e. The smallest absolute Gasteiger partial charge is 0.221 e. The number of hydrogen-bond acceptors (Lipinski definition) is 8. The highest BCUT2D eigenvalue weighted by molar-refractivity contribution is 7.10. The number of aromatic nitrogens is 6. The van der Waals surface area contributed by atoms with E-state index < -0.39 is 5.60 Å². The molecule has 0 aliphatic heterocycles. The summed E-state index contributed by atoms with van der Waals surface area (Å²) in [6.07, 6.45) is 3.66. The number of aliphatic hydroxyl groups is 1. The van der Waals surface area contributed by atoms with Crippen LogP contribution in [0.25, 0.3) is 22.6 Å². The molecule has 4 heterocycles. The second-order valence-corrected chi connectivity index (χ2v) is 8.89. The lowest BCUT2D eigenvalue weighted by Gasteiger charge is -2.17. The van der Waals surface area contributed by atoms with Crippen molar-refractivity contribution in [3.63, 3.8) is 0 Å². The van der Waals surface area contributed by atoms with Crippen LogP contribution in [0.5, 0.6) is 0 Å². The monoisotopic (exact) mass is 419 g/mol. The highest BCUT2D eigenvalue weighted by Crippen LogP contribution is 2.39. The Morgan fingerprint density at radius 3 is 2.80 bits per heavy atom. The number of thiophene rings is 1. The lowest BCUT2D eigenvalue weighted by Crippen LogP contribution is -2.18. The lowest BCUT2D eigenvalue weighted by molar-refractivity contribution is 0.0736. The summed E-state index contributed by atoms with van der Waals surface area (Å²) in [5.74, 6) is 0.233. The van der Waals surface area contributed by atoms with Crippen molar-refractivity contribution in [2.45, 2.75) is 38.8 Å². The van der Waals surface area contributed by atoms with Crippen molar-refractivity contribution in [2.75, 3.05) is 5.73 Å². The Morgan fingerprint density at radius 1 is 1.13 bits per heavy atom. The molecule has 0 amide bonds. The van der Waals surface area contributed by atoms with Gasteiger partial charge < -0.3 is 10.8 Å². The molecule has 9 heteroatoms. The normalized spacial score (nSPS) is 13.2. The van der Waals surface area contributed by atoms with E-state index in [0.717, 1.165) is 41.1 Å². The number of hydrogen-bond donors (Lipinski definition) is 2. The van der Waals surface area contributed by atoms with Gasteiger partial charge in [-0.25, -0.2) is 14.6 Å². The van der Waals surface area contributed by atoms with E-state index in [0.29, 0.717) is 17.9 Å². The number of anilines is 1. The van der Waals surface area contributed by atoms with Gasteiger partial charge in [-0.15, -0.1) is 16.4 Å². The summed E-state index contributed by atoms with van der Waals surface area (Å²) in [5.41, 5.74) is 10.9. The number of nitrogens with two attached hydrogens (primary N) is 1. The van der Waals surface area contributed by atoms with Crippen LogP contribution in [-0.2, 0) is 25.0 Å². The molecular formula is C21H21N7OS. The van der Waals surface area contributed by atoms with Crippen LogP contribution in [0.3, 0.4) is 0 Å². The molecule has 8 nitrogen and oxygen atoms in total. The molecule has 0 bridgehead atoms. The van der Waals surface area contributed by atoms with Crippen molar-refractivity contribution < 1.29 is 5.11 Å². The topological polar surface area (TPSA) is 116 Å². The van der Waals surface area contributed by atoms with Gasteiger partial charge in [-0.3, -0.25) is 4.98 Å². The first-order valence-corrected chi connectivity index (χ1v) is 10.6. The number of nitrogen functional groups attached to an aromatic ring is 1. The Labute approximate surface area is 177 Å². The van der Waals surface area contributed by atoms with Gasteiger partial charge in [-0.2, -0.15) is 0 Å². The largest absolute Gasteiger partial charge is 0.384 e. The van der Waals surface area contributed by atoms with E-state index in [4.69, 9.17) is 5.73 Å². The fourth-order valence-electron chi connectivity index (χ4n) is 3.71. The highest BCUT2D eigenvalue weighted by Gasteiger charge is 2.25. The molecule has 4 aromatic rings.